The molecule has 2 aliphatic rings. The molecule has 2 aliphatic heterocycles. The molecule has 0 unspecified atom stereocenters. The number of nitrogens with zero attached hydrogens (tertiary/aromatic N) is 4. The summed E-state index contributed by atoms with van der Waals surface area (Å²) >= 11 is 8.05. The van der Waals surface area contributed by atoms with Crippen LogP contribution in [0.25, 0.3) is 11.1 Å². The molecule has 11 nitrogen and oxygen atoms in total. The second kappa shape index (κ2) is 18.6. The fourth-order valence-electron chi connectivity index (χ4n) is 7.09. The number of halogens is 1. The van der Waals surface area contributed by atoms with E-state index in [2.05, 4.69) is 42.9 Å². The summed E-state index contributed by atoms with van der Waals surface area (Å²) in [5.41, 5.74) is 4.41. The molecule has 2 N–H and O–H groups in total. The predicted octanol–water partition coefficient (Wildman–Crippen LogP) is 8.02. The van der Waals surface area contributed by atoms with Crippen LogP contribution in [-0.2, 0) is 16.6 Å². The Morgan fingerprint density at radius 1 is 0.825 bits per heavy atom. The zero-order chi connectivity index (χ0) is 39.8. The van der Waals surface area contributed by atoms with Gasteiger partial charge in [-0.3, -0.25) is 19.8 Å². The Bertz CT molecular complexity index is 2270. The molecule has 0 radical (unpaired) electrons. The van der Waals surface area contributed by atoms with E-state index in [1.54, 1.807) is 23.9 Å². The Hall–Kier alpha value is -4.92. The van der Waals surface area contributed by atoms with Gasteiger partial charge in [-0.15, -0.1) is 11.8 Å². The second-order valence-corrected chi connectivity index (χ2v) is 17.5. The summed E-state index contributed by atoms with van der Waals surface area (Å²) in [6.45, 7) is 6.91. The van der Waals surface area contributed by atoms with Crippen LogP contribution in [0.4, 0.5) is 17.1 Å². The average molecular weight is 825 g/mol. The van der Waals surface area contributed by atoms with Crippen LogP contribution in [-0.4, -0.2) is 86.7 Å². The van der Waals surface area contributed by atoms with Gasteiger partial charge in [0.25, 0.3) is 21.6 Å². The summed E-state index contributed by atoms with van der Waals surface area (Å²) in [6.07, 6.45) is 1.93. The molecule has 1 atom stereocenters. The number of sulfonamides is 1. The van der Waals surface area contributed by atoms with Gasteiger partial charge in [-0.1, -0.05) is 66.2 Å². The third-order valence-electron chi connectivity index (χ3n) is 10.4. The van der Waals surface area contributed by atoms with Crippen molar-refractivity contribution in [1.29, 1.82) is 0 Å². The van der Waals surface area contributed by atoms with E-state index in [0.29, 0.717) is 10.8 Å². The van der Waals surface area contributed by atoms with Crippen molar-refractivity contribution >= 4 is 56.4 Å². The summed E-state index contributed by atoms with van der Waals surface area (Å²) in [7, 11) is -4.43. The van der Waals surface area contributed by atoms with Crippen LogP contribution in [0, 0.1) is 10.1 Å². The first-order valence-electron chi connectivity index (χ1n) is 19.0. The van der Waals surface area contributed by atoms with E-state index >= 15 is 0 Å². The number of nitrogens with one attached hydrogen (secondary N) is 2. The first kappa shape index (κ1) is 40.3. The van der Waals surface area contributed by atoms with Gasteiger partial charge < -0.3 is 15.1 Å². The van der Waals surface area contributed by atoms with Crippen molar-refractivity contribution in [3.63, 3.8) is 0 Å². The fourth-order valence-corrected chi connectivity index (χ4v) is 9.27. The minimum Gasteiger partial charge on any atom is -0.376 e. The number of benzene rings is 5. The van der Waals surface area contributed by atoms with E-state index in [1.807, 2.05) is 72.8 Å². The lowest BCUT2D eigenvalue weighted by molar-refractivity contribution is -0.384. The normalized spacial score (nSPS) is 15.4. The minimum atomic E-state index is -4.43. The van der Waals surface area contributed by atoms with Gasteiger partial charge in [0.15, 0.2) is 0 Å². The van der Waals surface area contributed by atoms with Crippen molar-refractivity contribution in [2.45, 2.75) is 35.2 Å². The van der Waals surface area contributed by atoms with Crippen molar-refractivity contribution in [3.05, 3.63) is 148 Å². The maximum atomic E-state index is 13.4. The Morgan fingerprint density at radius 3 is 2.19 bits per heavy atom. The molecule has 2 heterocycles. The lowest BCUT2D eigenvalue weighted by atomic mass is 9.99. The molecule has 57 heavy (non-hydrogen) atoms. The van der Waals surface area contributed by atoms with Crippen molar-refractivity contribution in [2.75, 3.05) is 61.8 Å². The van der Waals surface area contributed by atoms with Crippen LogP contribution in [0.3, 0.4) is 0 Å². The molecule has 296 valence electrons. The third-order valence-corrected chi connectivity index (χ3v) is 13.2. The zero-order valence-corrected chi connectivity index (χ0v) is 33.8. The van der Waals surface area contributed by atoms with Crippen LogP contribution >= 0.6 is 23.4 Å². The van der Waals surface area contributed by atoms with Gasteiger partial charge in [0, 0.05) is 78.3 Å². The SMILES string of the molecule is O=C(NS(=O)(=O)c1ccc(N[C@H](CCN2CCC2)CSc2ccccc2)c([N+](=O)[O-])c1)c1ccc(N2CCN(Cc3cc(Cl)ccc3-c3ccccc3)CC2)cc1. The molecular formula is C43H45ClN6O5S2. The van der Waals surface area contributed by atoms with Crippen molar-refractivity contribution < 1.29 is 18.1 Å². The summed E-state index contributed by atoms with van der Waals surface area (Å²) in [5.74, 6) is -0.156. The number of thioether (sulfide) groups is 1. The molecule has 0 spiro atoms. The number of nitro groups is 1. The summed E-state index contributed by atoms with van der Waals surface area (Å²) in [4.78, 5) is 32.5. The number of hydrogen-bond acceptors (Lipinski definition) is 10. The molecule has 0 saturated carbocycles. The number of carbonyl (C=O) groups excluding carboxylic acids is 1. The van der Waals surface area contributed by atoms with E-state index in [0.717, 1.165) is 86.6 Å². The van der Waals surface area contributed by atoms with Crippen molar-refractivity contribution in [1.82, 2.24) is 14.5 Å². The van der Waals surface area contributed by atoms with Crippen molar-refractivity contribution in [3.8, 4) is 11.1 Å². The van der Waals surface area contributed by atoms with Gasteiger partial charge in [0.05, 0.1) is 9.82 Å². The van der Waals surface area contributed by atoms with Crippen LogP contribution < -0.4 is 14.9 Å². The first-order chi connectivity index (χ1) is 27.6. The number of carbonyl (C=O) groups is 1. The Labute approximate surface area is 343 Å². The standard InChI is InChI=1S/C43H45ClN6O5S2/c44-35-14-18-40(32-8-3-1-4-9-32)34(28-35)30-48-24-26-49(27-25-48)37-15-12-33(13-16-37)43(51)46-57(54,55)39-17-19-41(42(29-39)50(52)53)45-36(20-23-47-21-7-22-47)31-56-38-10-5-2-6-11-38/h1-6,8-19,28-29,36,45H,7,20-27,30-31H2,(H,46,51)/t36-/m1/s1. The number of rotatable bonds is 16. The lowest BCUT2D eigenvalue weighted by Crippen LogP contribution is -2.46. The number of anilines is 2. The molecule has 14 heteroatoms. The molecule has 2 saturated heterocycles. The summed E-state index contributed by atoms with van der Waals surface area (Å²) in [5, 5.41) is 16.3. The van der Waals surface area contributed by atoms with E-state index in [4.69, 9.17) is 11.6 Å². The maximum absolute atomic E-state index is 13.4. The highest BCUT2D eigenvalue weighted by molar-refractivity contribution is 7.99. The average Bonchev–Trinajstić information content (AvgIpc) is 3.20. The molecule has 2 fully saturated rings. The minimum absolute atomic E-state index is 0.106. The van der Waals surface area contributed by atoms with Gasteiger partial charge in [0.1, 0.15) is 5.69 Å². The van der Waals surface area contributed by atoms with Crippen LogP contribution in [0.15, 0.2) is 131 Å². The van der Waals surface area contributed by atoms with Gasteiger partial charge in [-0.2, -0.15) is 0 Å². The van der Waals surface area contributed by atoms with Crippen molar-refractivity contribution in [2.24, 2.45) is 0 Å². The smallest absolute Gasteiger partial charge is 0.293 e. The molecule has 1 amide bonds. The number of piperazine rings is 1. The monoisotopic (exact) mass is 824 g/mol. The predicted molar refractivity (Wildman–Crippen MR) is 229 cm³/mol. The molecule has 5 aromatic carbocycles. The molecule has 0 aromatic heterocycles. The van der Waals surface area contributed by atoms with E-state index < -0.39 is 20.9 Å². The number of hydrogen-bond donors (Lipinski definition) is 2. The summed E-state index contributed by atoms with van der Waals surface area (Å²) in [6, 6.07) is 36.6. The molecular weight excluding hydrogens is 780 g/mol. The van der Waals surface area contributed by atoms with Gasteiger partial charge in [-0.25, -0.2) is 13.1 Å². The topological polar surface area (TPSA) is 128 Å². The van der Waals surface area contributed by atoms with Gasteiger partial charge in [0.2, 0.25) is 0 Å². The lowest BCUT2D eigenvalue weighted by Gasteiger charge is -2.36. The number of likely N-dealkylation sites (tertiary alicyclic amines) is 1. The highest BCUT2D eigenvalue weighted by Gasteiger charge is 2.26. The van der Waals surface area contributed by atoms with E-state index in [9.17, 15) is 23.3 Å². The van der Waals surface area contributed by atoms with Crippen LogP contribution in [0.2, 0.25) is 5.02 Å². The molecule has 0 bridgehead atoms. The molecule has 0 aliphatic carbocycles. The third kappa shape index (κ3) is 10.5. The second-order valence-electron chi connectivity index (χ2n) is 14.3. The Morgan fingerprint density at radius 2 is 1.53 bits per heavy atom. The van der Waals surface area contributed by atoms with E-state index in [-0.39, 0.29) is 27.9 Å². The first-order valence-corrected chi connectivity index (χ1v) is 21.9. The summed E-state index contributed by atoms with van der Waals surface area (Å²) < 4.78 is 28.9. The van der Waals surface area contributed by atoms with E-state index in [1.165, 1.54) is 24.1 Å². The van der Waals surface area contributed by atoms with Crippen LogP contribution in [0.5, 0.6) is 0 Å². The zero-order valence-electron chi connectivity index (χ0n) is 31.4. The van der Waals surface area contributed by atoms with Gasteiger partial charge in [-0.05, 0) is 103 Å². The van der Waals surface area contributed by atoms with Gasteiger partial charge >= 0.3 is 0 Å². The molecule has 5 aromatic rings. The quantitative estimate of drug-likeness (QED) is 0.0574. The highest BCUT2D eigenvalue weighted by atomic mass is 35.5. The number of nitro benzene ring substituents is 1. The molecule has 7 rings (SSSR count). The fraction of sp³-hybridized carbons (Fsp3) is 0.279. The Balaban J connectivity index is 0.960. The number of amides is 1. The largest absolute Gasteiger partial charge is 0.376 e. The van der Waals surface area contributed by atoms with Crippen LogP contribution in [0.1, 0.15) is 28.8 Å². The highest BCUT2D eigenvalue weighted by Crippen LogP contribution is 2.31. The Kier molecular flexibility index (Phi) is 13.1. The maximum Gasteiger partial charge on any atom is 0.293 e.